The summed E-state index contributed by atoms with van der Waals surface area (Å²) in [7, 11) is 1.30. The van der Waals surface area contributed by atoms with Crippen molar-refractivity contribution < 1.29 is 14.3 Å². The molecule has 0 aliphatic carbocycles. The smallest absolute Gasteiger partial charge is 0.328 e. The highest BCUT2D eigenvalue weighted by atomic mass is 16.5. The summed E-state index contributed by atoms with van der Waals surface area (Å²) in [5.74, 6) is -0.399. The zero-order valence-corrected chi connectivity index (χ0v) is 15.8. The van der Waals surface area contributed by atoms with Gasteiger partial charge in [-0.05, 0) is 31.0 Å². The number of nitrogens with zero attached hydrogens (tertiary/aromatic N) is 4. The number of aromatic nitrogens is 4. The average molecular weight is 382 g/mol. The fourth-order valence-electron chi connectivity index (χ4n) is 3.09. The summed E-state index contributed by atoms with van der Waals surface area (Å²) in [5, 5.41) is 2.61. The average Bonchev–Trinajstić information content (AvgIpc) is 3.02. The van der Waals surface area contributed by atoms with Gasteiger partial charge in [0.15, 0.2) is 0 Å². The van der Waals surface area contributed by atoms with Crippen LogP contribution in [0.3, 0.4) is 0 Å². The van der Waals surface area contributed by atoms with Crippen molar-refractivity contribution in [3.63, 3.8) is 0 Å². The van der Waals surface area contributed by atoms with E-state index in [2.05, 4.69) is 20.3 Å². The zero-order chi connectivity index (χ0) is 20.1. The van der Waals surface area contributed by atoms with E-state index < -0.39 is 12.0 Å². The van der Waals surface area contributed by atoms with Crippen LogP contribution >= 0.6 is 0 Å². The van der Waals surface area contributed by atoms with E-state index >= 15 is 0 Å². The second-order valence-electron chi connectivity index (χ2n) is 6.28. The van der Waals surface area contributed by atoms with Gasteiger partial charge in [0.05, 0.1) is 18.3 Å². The zero-order valence-electron chi connectivity index (χ0n) is 15.8. The maximum Gasteiger partial charge on any atom is 0.328 e. The number of nitrogens with two attached hydrogens (primary N) is 1. The van der Waals surface area contributed by atoms with E-state index in [0.29, 0.717) is 42.2 Å². The molecule has 0 spiro atoms. The number of pyridine rings is 2. The number of rotatable bonds is 7. The highest BCUT2D eigenvalue weighted by Crippen LogP contribution is 2.26. The van der Waals surface area contributed by atoms with Crippen molar-refractivity contribution in [2.45, 2.75) is 32.4 Å². The number of hydrogen-bond acceptors (Lipinski definition) is 7. The number of carbonyl (C=O) groups is 2. The minimum Gasteiger partial charge on any atom is -0.467 e. The molecule has 3 N–H and O–H groups in total. The number of ether oxygens (including phenoxy) is 1. The van der Waals surface area contributed by atoms with Gasteiger partial charge in [-0.2, -0.15) is 0 Å². The lowest BCUT2D eigenvalue weighted by Crippen LogP contribution is -2.40. The molecule has 0 radical (unpaired) electrons. The molecule has 3 aromatic rings. The van der Waals surface area contributed by atoms with Crippen molar-refractivity contribution in [1.82, 2.24) is 24.8 Å². The molecule has 0 aliphatic heterocycles. The molecular formula is C19H22N6O3. The normalized spacial score (nSPS) is 11.9. The fraction of sp³-hybridized carbons (Fsp3) is 0.316. The lowest BCUT2D eigenvalue weighted by atomic mass is 10.1. The fourth-order valence-corrected chi connectivity index (χ4v) is 3.09. The number of esters is 1. The molecule has 1 amide bonds. The number of nitrogen functional groups attached to an aromatic ring is 1. The Balaban J connectivity index is 1.81. The largest absolute Gasteiger partial charge is 0.467 e. The number of hydrogen-bond donors (Lipinski definition) is 2. The molecule has 0 saturated carbocycles. The van der Waals surface area contributed by atoms with Crippen LogP contribution in [0.2, 0.25) is 0 Å². The number of amides is 1. The van der Waals surface area contributed by atoms with Gasteiger partial charge in [0.1, 0.15) is 17.3 Å². The second kappa shape index (κ2) is 8.47. The molecule has 0 aromatic carbocycles. The highest BCUT2D eigenvalue weighted by molar-refractivity contribution is 5.90. The van der Waals surface area contributed by atoms with Crippen LogP contribution in [0.15, 0.2) is 36.7 Å². The molecule has 3 heterocycles. The van der Waals surface area contributed by atoms with Crippen LogP contribution in [0.5, 0.6) is 0 Å². The summed E-state index contributed by atoms with van der Waals surface area (Å²) in [4.78, 5) is 36.3. The molecule has 0 fully saturated rings. The predicted octanol–water partition coefficient (Wildman–Crippen LogP) is 1.53. The molecular weight excluding hydrogens is 360 g/mol. The number of anilines is 1. The molecule has 0 unspecified atom stereocenters. The lowest BCUT2D eigenvalue weighted by molar-refractivity contribution is -0.145. The van der Waals surface area contributed by atoms with Crippen LogP contribution in [0.25, 0.3) is 22.4 Å². The van der Waals surface area contributed by atoms with Gasteiger partial charge in [0, 0.05) is 25.9 Å². The first-order chi connectivity index (χ1) is 13.5. The van der Waals surface area contributed by atoms with Gasteiger partial charge in [-0.25, -0.2) is 9.78 Å². The van der Waals surface area contributed by atoms with Gasteiger partial charge >= 0.3 is 5.97 Å². The maximum atomic E-state index is 11.8. The Bertz CT molecular complexity index is 986. The predicted molar refractivity (Wildman–Crippen MR) is 104 cm³/mol. The summed E-state index contributed by atoms with van der Waals surface area (Å²) >= 11 is 0. The molecule has 1 atom stereocenters. The Labute approximate surface area is 161 Å². The summed E-state index contributed by atoms with van der Waals surface area (Å²) in [6, 6.07) is 6.74. The van der Waals surface area contributed by atoms with Gasteiger partial charge in [0.25, 0.3) is 0 Å². The lowest BCUT2D eigenvalue weighted by Gasteiger charge is -2.15. The summed E-state index contributed by atoms with van der Waals surface area (Å²) < 4.78 is 6.61. The summed E-state index contributed by atoms with van der Waals surface area (Å²) in [5.41, 5.74) is 9.01. The Kier molecular flexibility index (Phi) is 5.83. The van der Waals surface area contributed by atoms with E-state index in [1.165, 1.54) is 14.0 Å². The number of fused-ring (bicyclic) bond motifs is 1. The minimum absolute atomic E-state index is 0.283. The van der Waals surface area contributed by atoms with Crippen LogP contribution in [0.1, 0.15) is 19.8 Å². The van der Waals surface area contributed by atoms with Crippen molar-refractivity contribution >= 4 is 28.9 Å². The molecule has 9 heteroatoms. The number of aryl methyl sites for hydroxylation is 1. The number of nitrogens with one attached hydrogen (secondary N) is 1. The Hall–Kier alpha value is -3.49. The van der Waals surface area contributed by atoms with Crippen LogP contribution < -0.4 is 11.1 Å². The SMILES string of the molecule is COC(=O)[C@H](CCCn1c(N)nc2c(-c3ccccn3)nccc21)NC(C)=O. The van der Waals surface area contributed by atoms with Crippen molar-refractivity contribution in [2.24, 2.45) is 0 Å². The standard InChI is InChI=1S/C19H22N6O3/c1-12(26)23-14(18(27)28-2)7-5-11-25-15-8-10-22-16(17(15)24-19(25)20)13-6-3-4-9-21-13/h3-4,6,8-10,14H,5,7,11H2,1-2H3,(H2,20,24)(H,23,26)/t14-/m0/s1. The van der Waals surface area contributed by atoms with E-state index in [0.717, 1.165) is 5.52 Å². The van der Waals surface area contributed by atoms with Crippen LogP contribution in [0.4, 0.5) is 5.95 Å². The van der Waals surface area contributed by atoms with Crippen LogP contribution in [-0.2, 0) is 20.9 Å². The minimum atomic E-state index is -0.691. The molecule has 0 saturated heterocycles. The van der Waals surface area contributed by atoms with Gasteiger partial charge in [-0.15, -0.1) is 0 Å². The molecule has 0 aliphatic rings. The van der Waals surface area contributed by atoms with Crippen molar-refractivity contribution in [3.05, 3.63) is 36.7 Å². The number of methoxy groups -OCH3 is 1. The monoisotopic (exact) mass is 382 g/mol. The van der Waals surface area contributed by atoms with E-state index in [1.54, 1.807) is 12.4 Å². The Morgan fingerprint density at radius 3 is 2.75 bits per heavy atom. The first-order valence-electron chi connectivity index (χ1n) is 8.88. The quantitative estimate of drug-likeness (QED) is 0.594. The Morgan fingerprint density at radius 1 is 1.25 bits per heavy atom. The first kappa shape index (κ1) is 19.3. The van der Waals surface area contributed by atoms with Crippen molar-refractivity contribution in [3.8, 4) is 11.4 Å². The van der Waals surface area contributed by atoms with Crippen molar-refractivity contribution in [2.75, 3.05) is 12.8 Å². The molecule has 146 valence electrons. The summed E-state index contributed by atoms with van der Waals surface area (Å²) in [6.07, 6.45) is 4.41. The molecule has 9 nitrogen and oxygen atoms in total. The third kappa shape index (κ3) is 4.08. The summed E-state index contributed by atoms with van der Waals surface area (Å²) in [6.45, 7) is 1.89. The second-order valence-corrected chi connectivity index (χ2v) is 6.28. The molecule has 28 heavy (non-hydrogen) atoms. The van der Waals surface area contributed by atoms with Gasteiger partial charge < -0.3 is 20.4 Å². The maximum absolute atomic E-state index is 11.8. The van der Waals surface area contributed by atoms with E-state index in [1.807, 2.05) is 28.8 Å². The van der Waals surface area contributed by atoms with E-state index in [-0.39, 0.29) is 5.91 Å². The van der Waals surface area contributed by atoms with Crippen LogP contribution in [-0.4, -0.2) is 44.5 Å². The molecule has 3 rings (SSSR count). The van der Waals surface area contributed by atoms with Crippen molar-refractivity contribution in [1.29, 1.82) is 0 Å². The number of carbonyl (C=O) groups excluding carboxylic acids is 2. The molecule has 3 aromatic heterocycles. The van der Waals surface area contributed by atoms with Gasteiger partial charge in [-0.3, -0.25) is 14.8 Å². The third-order valence-electron chi connectivity index (χ3n) is 4.34. The van der Waals surface area contributed by atoms with E-state index in [4.69, 9.17) is 10.5 Å². The third-order valence-corrected chi connectivity index (χ3v) is 4.34. The molecule has 0 bridgehead atoms. The van der Waals surface area contributed by atoms with Crippen LogP contribution in [0, 0.1) is 0 Å². The van der Waals surface area contributed by atoms with E-state index in [9.17, 15) is 9.59 Å². The van der Waals surface area contributed by atoms with Gasteiger partial charge in [0.2, 0.25) is 11.9 Å². The highest BCUT2D eigenvalue weighted by Gasteiger charge is 2.20. The van der Waals surface area contributed by atoms with Gasteiger partial charge in [-0.1, -0.05) is 6.07 Å². The number of imidazole rings is 1. The topological polar surface area (TPSA) is 125 Å². The first-order valence-corrected chi connectivity index (χ1v) is 8.88. The Morgan fingerprint density at radius 2 is 2.07 bits per heavy atom.